The van der Waals surface area contributed by atoms with Crippen LogP contribution in [0.5, 0.6) is 0 Å². The molecule has 4 aliphatic rings. The number of aromatic nitrogens is 2. The molecule has 0 radical (unpaired) electrons. The molecule has 0 amide bonds. The number of hydrogen-bond acceptors (Lipinski definition) is 2. The highest BCUT2D eigenvalue weighted by Gasteiger charge is 2.57. The molecule has 0 saturated heterocycles. The van der Waals surface area contributed by atoms with Gasteiger partial charge in [0.1, 0.15) is 6.07 Å². The van der Waals surface area contributed by atoms with Gasteiger partial charge in [-0.3, -0.25) is 4.68 Å². The Morgan fingerprint density at radius 2 is 1.93 bits per heavy atom. The molecule has 4 aliphatic carbocycles. The van der Waals surface area contributed by atoms with Crippen molar-refractivity contribution in [3.8, 4) is 6.07 Å². The molecule has 0 spiro atoms. The first-order valence-electron chi connectivity index (χ1n) is 12.0. The minimum Gasteiger partial charge on any atom is -0.268 e. The second kappa shape index (κ2) is 6.89. The van der Waals surface area contributed by atoms with Crippen LogP contribution in [0.25, 0.3) is 0 Å². The molecule has 3 unspecified atom stereocenters. The van der Waals surface area contributed by atoms with Gasteiger partial charge in [0.05, 0.1) is 17.8 Å². The summed E-state index contributed by atoms with van der Waals surface area (Å²) < 4.78 is 2.09. The number of fused-ring (bicyclic) bond motifs is 5. The molecule has 152 valence electrons. The molecule has 0 aliphatic heterocycles. The summed E-state index contributed by atoms with van der Waals surface area (Å²) in [6, 6.07) is 2.65. The summed E-state index contributed by atoms with van der Waals surface area (Å²) in [7, 11) is 0. The topological polar surface area (TPSA) is 41.6 Å². The van der Waals surface area contributed by atoms with Crippen molar-refractivity contribution >= 4 is 0 Å². The molecular weight excluding hydrogens is 342 g/mol. The van der Waals surface area contributed by atoms with E-state index in [1.54, 1.807) is 6.20 Å². The van der Waals surface area contributed by atoms with E-state index in [1.165, 1.54) is 57.8 Å². The van der Waals surface area contributed by atoms with Crippen LogP contribution in [0.1, 0.15) is 90.2 Å². The van der Waals surface area contributed by atoms with Crippen molar-refractivity contribution in [2.45, 2.75) is 84.6 Å². The fraction of sp³-hybridized carbons (Fsp3) is 0.840. The van der Waals surface area contributed by atoms with Crippen LogP contribution in [0.2, 0.25) is 0 Å². The summed E-state index contributed by atoms with van der Waals surface area (Å²) in [5.41, 5.74) is 1.16. The van der Waals surface area contributed by atoms with Crippen molar-refractivity contribution in [3.05, 3.63) is 18.0 Å². The first-order valence-corrected chi connectivity index (χ1v) is 12.0. The van der Waals surface area contributed by atoms with Crippen LogP contribution in [-0.4, -0.2) is 9.78 Å². The lowest BCUT2D eigenvalue weighted by Crippen LogP contribution is -2.49. The van der Waals surface area contributed by atoms with Gasteiger partial charge in [-0.15, -0.1) is 0 Å². The largest absolute Gasteiger partial charge is 0.268 e. The molecule has 4 saturated carbocycles. The summed E-state index contributed by atoms with van der Waals surface area (Å²) in [5, 5.41) is 13.7. The van der Waals surface area contributed by atoms with Gasteiger partial charge in [0, 0.05) is 6.20 Å². The summed E-state index contributed by atoms with van der Waals surface area (Å²) in [5.74, 6) is 6.68. The van der Waals surface area contributed by atoms with Crippen LogP contribution in [-0.2, 0) is 0 Å². The third kappa shape index (κ3) is 2.78. The second-order valence-electron chi connectivity index (χ2n) is 11.1. The smallest absolute Gasteiger partial charge is 0.102 e. The Morgan fingerprint density at radius 3 is 2.71 bits per heavy atom. The van der Waals surface area contributed by atoms with E-state index in [2.05, 4.69) is 36.6 Å². The summed E-state index contributed by atoms with van der Waals surface area (Å²) in [4.78, 5) is 0. The highest BCUT2D eigenvalue weighted by Crippen LogP contribution is 2.65. The quantitative estimate of drug-likeness (QED) is 0.612. The van der Waals surface area contributed by atoms with E-state index in [0.29, 0.717) is 22.9 Å². The van der Waals surface area contributed by atoms with Gasteiger partial charge in [0.15, 0.2) is 0 Å². The molecule has 9 atom stereocenters. The Hall–Kier alpha value is -1.30. The number of rotatable bonds is 2. The molecule has 1 heterocycles. The maximum Gasteiger partial charge on any atom is 0.102 e. The van der Waals surface area contributed by atoms with E-state index >= 15 is 0 Å². The number of nitriles is 1. The molecule has 3 nitrogen and oxygen atoms in total. The Balaban J connectivity index is 1.36. The first-order chi connectivity index (χ1) is 13.5. The predicted molar refractivity (Wildman–Crippen MR) is 111 cm³/mol. The van der Waals surface area contributed by atoms with Crippen molar-refractivity contribution < 1.29 is 0 Å². The fourth-order valence-electron chi connectivity index (χ4n) is 8.72. The first kappa shape index (κ1) is 18.7. The molecule has 4 fully saturated rings. The normalized spacial score (nSPS) is 46.1. The van der Waals surface area contributed by atoms with E-state index in [1.807, 2.05) is 6.20 Å². The highest BCUT2D eigenvalue weighted by molar-refractivity contribution is 5.22. The average Bonchev–Trinajstić information content (AvgIpc) is 3.31. The molecule has 1 aromatic heterocycles. The van der Waals surface area contributed by atoms with Crippen LogP contribution in [0, 0.1) is 58.2 Å². The Kier molecular flexibility index (Phi) is 4.61. The fourth-order valence-corrected chi connectivity index (χ4v) is 8.72. The van der Waals surface area contributed by atoms with Crippen molar-refractivity contribution in [2.75, 3.05) is 0 Å². The lowest BCUT2D eigenvalue weighted by atomic mass is 9.49. The van der Waals surface area contributed by atoms with E-state index in [9.17, 15) is 5.26 Å². The van der Waals surface area contributed by atoms with Gasteiger partial charge in [-0.2, -0.15) is 10.4 Å². The molecule has 28 heavy (non-hydrogen) atoms. The number of hydrogen-bond donors (Lipinski definition) is 0. The Labute approximate surface area is 170 Å². The summed E-state index contributed by atoms with van der Waals surface area (Å²) >= 11 is 0. The molecule has 3 heteroatoms. The van der Waals surface area contributed by atoms with Crippen LogP contribution < -0.4 is 0 Å². The van der Waals surface area contributed by atoms with E-state index < -0.39 is 0 Å². The molecule has 5 rings (SSSR count). The minimum atomic E-state index is 0.403. The van der Waals surface area contributed by atoms with Crippen LogP contribution >= 0.6 is 0 Å². The molecule has 0 aromatic carbocycles. The van der Waals surface area contributed by atoms with Crippen LogP contribution in [0.4, 0.5) is 0 Å². The average molecular weight is 380 g/mol. The molecule has 1 aromatic rings. The Morgan fingerprint density at radius 1 is 1.11 bits per heavy atom. The summed E-state index contributed by atoms with van der Waals surface area (Å²) in [6.07, 6.45) is 16.9. The van der Waals surface area contributed by atoms with Crippen molar-refractivity contribution in [1.29, 1.82) is 5.26 Å². The third-order valence-corrected chi connectivity index (χ3v) is 10.0. The highest BCUT2D eigenvalue weighted by atomic mass is 15.3. The number of nitrogens with zero attached hydrogens (tertiary/aromatic N) is 3. The van der Waals surface area contributed by atoms with Crippen LogP contribution in [0.3, 0.4) is 0 Å². The van der Waals surface area contributed by atoms with Gasteiger partial charge in [-0.25, -0.2) is 0 Å². The van der Waals surface area contributed by atoms with Gasteiger partial charge >= 0.3 is 0 Å². The monoisotopic (exact) mass is 379 g/mol. The third-order valence-electron chi connectivity index (χ3n) is 10.0. The molecule has 0 N–H and O–H groups in total. The second-order valence-corrected chi connectivity index (χ2v) is 11.1. The lowest BCUT2D eigenvalue weighted by Gasteiger charge is -2.56. The van der Waals surface area contributed by atoms with Crippen LogP contribution in [0.15, 0.2) is 12.4 Å². The maximum absolute atomic E-state index is 9.17. The van der Waals surface area contributed by atoms with Crippen molar-refractivity contribution in [1.82, 2.24) is 9.78 Å². The lowest BCUT2D eigenvalue weighted by molar-refractivity contribution is -0.0724. The van der Waals surface area contributed by atoms with Crippen molar-refractivity contribution in [2.24, 2.45) is 46.8 Å². The maximum atomic E-state index is 9.17. The van der Waals surface area contributed by atoms with Crippen molar-refractivity contribution in [3.63, 3.8) is 0 Å². The zero-order valence-electron chi connectivity index (χ0n) is 18.0. The predicted octanol–water partition coefficient (Wildman–Crippen LogP) is 6.22. The molecular formula is C25H37N3. The minimum absolute atomic E-state index is 0.403. The van der Waals surface area contributed by atoms with Gasteiger partial charge in [-0.05, 0) is 105 Å². The zero-order valence-corrected chi connectivity index (χ0v) is 18.0. The SMILES string of the molecule is C[C@H]1CC[C@@H]2C3CC[C@@]4(C)C(CCC4[C@@H](C)n4cc(C#N)cn4)[C@@H]3CC[C@@H]2C1. The van der Waals surface area contributed by atoms with E-state index in [0.717, 1.165) is 35.5 Å². The zero-order chi connectivity index (χ0) is 19.5. The van der Waals surface area contributed by atoms with Gasteiger partial charge in [0.25, 0.3) is 0 Å². The van der Waals surface area contributed by atoms with Gasteiger partial charge in [-0.1, -0.05) is 20.3 Å². The van der Waals surface area contributed by atoms with E-state index in [4.69, 9.17) is 0 Å². The van der Waals surface area contributed by atoms with E-state index in [-0.39, 0.29) is 0 Å². The Bertz CT molecular complexity index is 760. The standard InChI is InChI=1S/C25H37N3/c1-16-4-6-20-19(12-16)5-7-22-21(20)10-11-25(3)23(8-9-24(22)25)17(2)28-15-18(13-26)14-27-28/h14-17,19-24H,4-12H2,1-3H3/t16-,17+,19+,20-,21?,22+,23?,24?,25+/m0/s1. The van der Waals surface area contributed by atoms with Gasteiger partial charge in [0.2, 0.25) is 0 Å². The summed E-state index contributed by atoms with van der Waals surface area (Å²) in [6.45, 7) is 7.44. The molecule has 0 bridgehead atoms. The van der Waals surface area contributed by atoms with Gasteiger partial charge < -0.3 is 0 Å².